The van der Waals surface area contributed by atoms with E-state index in [0.29, 0.717) is 10.7 Å². The van der Waals surface area contributed by atoms with Crippen molar-refractivity contribution in [3.63, 3.8) is 0 Å². The lowest BCUT2D eigenvalue weighted by Gasteiger charge is -2.08. The van der Waals surface area contributed by atoms with Crippen molar-refractivity contribution in [2.45, 2.75) is 26.1 Å². The first-order chi connectivity index (χ1) is 7.42. The van der Waals surface area contributed by atoms with E-state index in [-0.39, 0.29) is 6.61 Å². The van der Waals surface area contributed by atoms with Crippen LogP contribution in [0.1, 0.15) is 18.2 Å². The van der Waals surface area contributed by atoms with Crippen molar-refractivity contribution in [3.05, 3.63) is 28.5 Å². The van der Waals surface area contributed by atoms with Crippen LogP contribution in [0.5, 0.6) is 0 Å². The lowest BCUT2D eigenvalue weighted by molar-refractivity contribution is -0.176. The Morgan fingerprint density at radius 1 is 1.44 bits per heavy atom. The molecule has 1 rings (SSSR count). The van der Waals surface area contributed by atoms with Gasteiger partial charge in [0, 0.05) is 6.20 Å². The van der Waals surface area contributed by atoms with Gasteiger partial charge in [-0.15, -0.1) is 0 Å². The van der Waals surface area contributed by atoms with E-state index in [1.807, 2.05) is 6.92 Å². The van der Waals surface area contributed by atoms with Gasteiger partial charge in [-0.1, -0.05) is 18.5 Å². The van der Waals surface area contributed by atoms with Crippen LogP contribution in [0, 0.1) is 0 Å². The molecule has 0 saturated heterocycles. The molecule has 2 nitrogen and oxygen atoms in total. The highest BCUT2D eigenvalue weighted by molar-refractivity contribution is 6.31. The SMILES string of the molecule is CCc1cnc(COCC(F)(F)F)c(Cl)c1. The lowest BCUT2D eigenvalue weighted by atomic mass is 10.2. The van der Waals surface area contributed by atoms with Crippen LogP contribution in [0.2, 0.25) is 5.02 Å². The van der Waals surface area contributed by atoms with Gasteiger partial charge in [0.15, 0.2) is 0 Å². The number of pyridine rings is 1. The molecule has 16 heavy (non-hydrogen) atoms. The summed E-state index contributed by atoms with van der Waals surface area (Å²) in [6.45, 7) is 0.413. The standard InChI is InChI=1S/C10H11ClF3NO/c1-2-7-3-8(11)9(15-4-7)5-16-6-10(12,13)14/h3-4H,2,5-6H2,1H3. The molecule has 0 spiro atoms. The van der Waals surface area contributed by atoms with Gasteiger partial charge in [-0.25, -0.2) is 0 Å². The summed E-state index contributed by atoms with van der Waals surface area (Å²) < 4.78 is 39.9. The molecule has 0 atom stereocenters. The van der Waals surface area contributed by atoms with Crippen LogP contribution >= 0.6 is 11.6 Å². The summed E-state index contributed by atoms with van der Waals surface area (Å²) in [6.07, 6.45) is -1.97. The van der Waals surface area contributed by atoms with E-state index in [1.54, 1.807) is 12.3 Å². The lowest BCUT2D eigenvalue weighted by Crippen LogP contribution is -2.17. The molecular formula is C10H11ClF3NO. The summed E-state index contributed by atoms with van der Waals surface area (Å²) in [6, 6.07) is 1.68. The monoisotopic (exact) mass is 253 g/mol. The number of alkyl halides is 3. The van der Waals surface area contributed by atoms with E-state index in [4.69, 9.17) is 11.6 Å². The third kappa shape index (κ3) is 4.37. The molecule has 0 fully saturated rings. The molecular weight excluding hydrogens is 243 g/mol. The first-order valence-corrected chi connectivity index (χ1v) is 5.08. The van der Waals surface area contributed by atoms with Gasteiger partial charge in [-0.3, -0.25) is 4.98 Å². The minimum atomic E-state index is -4.32. The molecule has 0 aromatic carbocycles. The Hall–Kier alpha value is -0.810. The molecule has 0 aliphatic carbocycles. The smallest absolute Gasteiger partial charge is 0.366 e. The number of halogens is 4. The van der Waals surface area contributed by atoms with Crippen LogP contribution in [-0.4, -0.2) is 17.8 Å². The molecule has 0 bridgehead atoms. The van der Waals surface area contributed by atoms with Crippen molar-refractivity contribution >= 4 is 11.6 Å². The fraction of sp³-hybridized carbons (Fsp3) is 0.500. The minimum Gasteiger partial charge on any atom is -0.366 e. The zero-order valence-electron chi connectivity index (χ0n) is 8.64. The first-order valence-electron chi connectivity index (χ1n) is 4.70. The molecule has 0 N–H and O–H groups in total. The van der Waals surface area contributed by atoms with E-state index in [2.05, 4.69) is 9.72 Å². The van der Waals surface area contributed by atoms with Gasteiger partial charge in [-0.2, -0.15) is 13.2 Å². The second-order valence-corrected chi connectivity index (χ2v) is 3.64. The van der Waals surface area contributed by atoms with E-state index in [1.165, 1.54) is 0 Å². The van der Waals surface area contributed by atoms with Crippen LogP contribution in [0.15, 0.2) is 12.3 Å². The Bertz CT molecular complexity index is 354. The average molecular weight is 254 g/mol. The van der Waals surface area contributed by atoms with E-state index in [9.17, 15) is 13.2 Å². The summed E-state index contributed by atoms with van der Waals surface area (Å²) in [4.78, 5) is 3.94. The number of aryl methyl sites for hydroxylation is 1. The average Bonchev–Trinajstić information content (AvgIpc) is 2.18. The second-order valence-electron chi connectivity index (χ2n) is 3.23. The van der Waals surface area contributed by atoms with Crippen molar-refractivity contribution in [1.82, 2.24) is 4.98 Å². The summed E-state index contributed by atoms with van der Waals surface area (Å²) in [5.41, 5.74) is 1.26. The van der Waals surface area contributed by atoms with Gasteiger partial charge in [0.2, 0.25) is 0 Å². The first kappa shape index (κ1) is 13.3. The molecule has 0 unspecified atom stereocenters. The summed E-state index contributed by atoms with van der Waals surface area (Å²) in [5, 5.41) is 0.335. The number of rotatable bonds is 4. The maximum absolute atomic E-state index is 11.8. The van der Waals surface area contributed by atoms with Crippen LogP contribution in [0.4, 0.5) is 13.2 Å². The molecule has 0 saturated carbocycles. The maximum atomic E-state index is 11.8. The summed E-state index contributed by atoms with van der Waals surface area (Å²) in [5.74, 6) is 0. The predicted octanol–water partition coefficient (Wildman–Crippen LogP) is 3.38. The normalized spacial score (nSPS) is 11.8. The Balaban J connectivity index is 2.55. The molecule has 1 heterocycles. The molecule has 0 aliphatic heterocycles. The molecule has 1 aromatic rings. The van der Waals surface area contributed by atoms with Gasteiger partial charge >= 0.3 is 6.18 Å². The summed E-state index contributed by atoms with van der Waals surface area (Å²) >= 11 is 5.83. The van der Waals surface area contributed by atoms with Gasteiger partial charge in [0.1, 0.15) is 6.61 Å². The van der Waals surface area contributed by atoms with Crippen molar-refractivity contribution < 1.29 is 17.9 Å². The second kappa shape index (κ2) is 5.50. The number of aromatic nitrogens is 1. The molecule has 1 aromatic heterocycles. The van der Waals surface area contributed by atoms with Crippen LogP contribution in [0.25, 0.3) is 0 Å². The third-order valence-corrected chi connectivity index (χ3v) is 2.21. The van der Waals surface area contributed by atoms with Gasteiger partial charge < -0.3 is 4.74 Å². The number of nitrogens with zero attached hydrogens (tertiary/aromatic N) is 1. The van der Waals surface area contributed by atoms with Crippen molar-refractivity contribution in [1.29, 1.82) is 0 Å². The summed E-state index contributed by atoms with van der Waals surface area (Å²) in [7, 11) is 0. The van der Waals surface area contributed by atoms with Crippen molar-refractivity contribution in [2.24, 2.45) is 0 Å². The highest BCUT2D eigenvalue weighted by atomic mass is 35.5. The van der Waals surface area contributed by atoms with Crippen LogP contribution < -0.4 is 0 Å². The fourth-order valence-corrected chi connectivity index (χ4v) is 1.31. The maximum Gasteiger partial charge on any atom is 0.411 e. The minimum absolute atomic E-state index is 0.234. The number of hydrogen-bond donors (Lipinski definition) is 0. The molecule has 0 aliphatic rings. The van der Waals surface area contributed by atoms with Gasteiger partial charge in [0.25, 0.3) is 0 Å². The quantitative estimate of drug-likeness (QED) is 0.821. The predicted molar refractivity (Wildman–Crippen MR) is 54.3 cm³/mol. The van der Waals surface area contributed by atoms with E-state index >= 15 is 0 Å². The van der Waals surface area contributed by atoms with Crippen molar-refractivity contribution in [3.8, 4) is 0 Å². The zero-order valence-corrected chi connectivity index (χ0v) is 9.40. The molecule has 6 heteroatoms. The van der Waals surface area contributed by atoms with E-state index < -0.39 is 12.8 Å². The Morgan fingerprint density at radius 3 is 2.62 bits per heavy atom. The van der Waals surface area contributed by atoms with Gasteiger partial charge in [0.05, 0.1) is 17.3 Å². The topological polar surface area (TPSA) is 22.1 Å². The largest absolute Gasteiger partial charge is 0.411 e. The van der Waals surface area contributed by atoms with Gasteiger partial charge in [-0.05, 0) is 18.1 Å². The van der Waals surface area contributed by atoms with Crippen molar-refractivity contribution in [2.75, 3.05) is 6.61 Å². The number of hydrogen-bond acceptors (Lipinski definition) is 2. The Labute approximate surface area is 96.4 Å². The highest BCUT2D eigenvalue weighted by Gasteiger charge is 2.27. The fourth-order valence-electron chi connectivity index (χ4n) is 1.07. The van der Waals surface area contributed by atoms with Crippen LogP contribution in [-0.2, 0) is 17.8 Å². The molecule has 90 valence electrons. The number of ether oxygens (including phenoxy) is 1. The molecule has 0 radical (unpaired) electrons. The Morgan fingerprint density at radius 2 is 2.12 bits per heavy atom. The zero-order chi connectivity index (χ0) is 12.2. The van der Waals surface area contributed by atoms with Crippen LogP contribution in [0.3, 0.4) is 0 Å². The molecule has 0 amide bonds. The Kier molecular flexibility index (Phi) is 4.56. The highest BCUT2D eigenvalue weighted by Crippen LogP contribution is 2.19. The van der Waals surface area contributed by atoms with E-state index in [0.717, 1.165) is 12.0 Å². The third-order valence-electron chi connectivity index (χ3n) is 1.89.